The topological polar surface area (TPSA) is 79.3 Å². The van der Waals surface area contributed by atoms with Crippen molar-refractivity contribution in [1.82, 2.24) is 19.8 Å². The van der Waals surface area contributed by atoms with Crippen LogP contribution in [0.1, 0.15) is 44.7 Å². The fraction of sp³-hybridized carbons (Fsp3) is 0.206. The number of para-hydroxylation sites is 2. The van der Waals surface area contributed by atoms with E-state index < -0.39 is 0 Å². The zero-order valence-corrected chi connectivity index (χ0v) is 22.9. The Kier molecular flexibility index (Phi) is 7.87. The maximum Gasteiger partial charge on any atom is 0.255 e. The molecule has 1 aliphatic rings. The minimum atomic E-state index is -0.191. The molecule has 6 rings (SSSR count). The third-order valence-corrected chi connectivity index (χ3v) is 7.67. The number of hydrogen-bond donors (Lipinski definition) is 2. The van der Waals surface area contributed by atoms with Gasteiger partial charge in [-0.3, -0.25) is 14.5 Å². The van der Waals surface area contributed by atoms with Crippen LogP contribution < -0.4 is 10.6 Å². The van der Waals surface area contributed by atoms with Gasteiger partial charge in [0.05, 0.1) is 17.4 Å². The Morgan fingerprint density at radius 1 is 0.707 bits per heavy atom. The maximum atomic E-state index is 12.8. The van der Waals surface area contributed by atoms with Crippen molar-refractivity contribution in [2.24, 2.45) is 0 Å². The van der Waals surface area contributed by atoms with E-state index >= 15 is 0 Å². The van der Waals surface area contributed by atoms with Crippen LogP contribution in [0.15, 0.2) is 109 Å². The molecule has 7 nitrogen and oxygen atoms in total. The number of rotatable bonds is 8. The molecule has 1 fully saturated rings. The number of fused-ring (bicyclic) bond motifs is 1. The van der Waals surface area contributed by atoms with Crippen molar-refractivity contribution in [3.05, 3.63) is 132 Å². The Morgan fingerprint density at radius 2 is 1.34 bits per heavy atom. The van der Waals surface area contributed by atoms with Gasteiger partial charge in [0.25, 0.3) is 11.8 Å². The molecule has 1 saturated heterocycles. The van der Waals surface area contributed by atoms with E-state index in [9.17, 15) is 9.59 Å². The van der Waals surface area contributed by atoms with Gasteiger partial charge < -0.3 is 15.2 Å². The number of likely N-dealkylation sites (tertiary alicyclic amines) is 1. The fourth-order valence-electron chi connectivity index (χ4n) is 5.35. The summed E-state index contributed by atoms with van der Waals surface area (Å²) in [5.74, 6) is -0.269. The van der Waals surface area contributed by atoms with Gasteiger partial charge in [0.15, 0.2) is 0 Å². The molecule has 7 heteroatoms. The van der Waals surface area contributed by atoms with Crippen LogP contribution in [-0.2, 0) is 13.1 Å². The van der Waals surface area contributed by atoms with Gasteiger partial charge in [-0.05, 0) is 72.5 Å². The molecule has 4 aromatic carbocycles. The minimum Gasteiger partial charge on any atom is -0.349 e. The summed E-state index contributed by atoms with van der Waals surface area (Å²) in [4.78, 5) is 32.5. The highest BCUT2D eigenvalue weighted by Crippen LogP contribution is 2.17. The molecular formula is C34H33N5O2. The summed E-state index contributed by atoms with van der Waals surface area (Å²) in [6.45, 7) is 3.55. The SMILES string of the molecule is O=C(Nc1ccc(C(=O)NC2CCN(Cc3ccccc3)CC2)cc1)c1ccc(Cn2cnc3ccccc32)cc1. The number of piperidine rings is 1. The molecule has 2 heterocycles. The largest absolute Gasteiger partial charge is 0.349 e. The van der Waals surface area contributed by atoms with Gasteiger partial charge in [-0.25, -0.2) is 4.98 Å². The Bertz CT molecular complexity index is 1620. The summed E-state index contributed by atoms with van der Waals surface area (Å²) in [6, 6.07) is 33.3. The molecule has 1 aromatic heterocycles. The molecule has 5 aromatic rings. The van der Waals surface area contributed by atoms with Gasteiger partial charge >= 0.3 is 0 Å². The zero-order valence-electron chi connectivity index (χ0n) is 22.9. The third kappa shape index (κ3) is 6.53. The Hall–Kier alpha value is -4.75. The second-order valence-corrected chi connectivity index (χ2v) is 10.6. The van der Waals surface area contributed by atoms with Crippen molar-refractivity contribution in [3.8, 4) is 0 Å². The molecule has 41 heavy (non-hydrogen) atoms. The molecule has 0 atom stereocenters. The lowest BCUT2D eigenvalue weighted by Crippen LogP contribution is -2.44. The van der Waals surface area contributed by atoms with Gasteiger partial charge in [0.2, 0.25) is 0 Å². The van der Waals surface area contributed by atoms with Crippen LogP contribution in [0.2, 0.25) is 0 Å². The molecule has 1 aliphatic heterocycles. The predicted octanol–water partition coefficient (Wildman–Crippen LogP) is 5.73. The van der Waals surface area contributed by atoms with E-state index in [0.717, 1.165) is 49.1 Å². The van der Waals surface area contributed by atoms with Gasteiger partial charge in [0.1, 0.15) is 0 Å². The summed E-state index contributed by atoms with van der Waals surface area (Å²) in [5.41, 5.74) is 6.26. The molecule has 0 radical (unpaired) electrons. The fourth-order valence-corrected chi connectivity index (χ4v) is 5.35. The molecule has 0 aliphatic carbocycles. The second kappa shape index (κ2) is 12.2. The first-order chi connectivity index (χ1) is 20.1. The summed E-state index contributed by atoms with van der Waals surface area (Å²) < 4.78 is 2.09. The van der Waals surface area contributed by atoms with Gasteiger partial charge in [-0.2, -0.15) is 0 Å². The molecule has 0 bridgehead atoms. The maximum absolute atomic E-state index is 12.8. The summed E-state index contributed by atoms with van der Waals surface area (Å²) in [5, 5.41) is 6.11. The second-order valence-electron chi connectivity index (χ2n) is 10.6. The first-order valence-corrected chi connectivity index (χ1v) is 14.1. The van der Waals surface area contributed by atoms with Crippen molar-refractivity contribution in [1.29, 1.82) is 0 Å². The monoisotopic (exact) mass is 543 g/mol. The first-order valence-electron chi connectivity index (χ1n) is 14.1. The molecule has 0 spiro atoms. The number of benzene rings is 4. The van der Waals surface area contributed by atoms with E-state index in [1.807, 2.05) is 54.9 Å². The third-order valence-electron chi connectivity index (χ3n) is 7.67. The number of anilines is 1. The number of nitrogens with one attached hydrogen (secondary N) is 2. The van der Waals surface area contributed by atoms with Crippen LogP contribution in [0.3, 0.4) is 0 Å². The number of carbonyl (C=O) groups excluding carboxylic acids is 2. The highest BCUT2D eigenvalue weighted by molar-refractivity contribution is 6.04. The Balaban J connectivity index is 0.981. The van der Waals surface area contributed by atoms with Crippen molar-refractivity contribution in [2.75, 3.05) is 18.4 Å². The van der Waals surface area contributed by atoms with E-state index in [4.69, 9.17) is 0 Å². The van der Waals surface area contributed by atoms with Crippen LogP contribution >= 0.6 is 0 Å². The molecule has 2 amide bonds. The molecule has 2 N–H and O–H groups in total. The number of imidazole rings is 1. The lowest BCUT2D eigenvalue weighted by Gasteiger charge is -2.32. The zero-order chi connectivity index (χ0) is 28.0. The van der Waals surface area contributed by atoms with E-state index in [0.29, 0.717) is 23.4 Å². The van der Waals surface area contributed by atoms with Crippen LogP contribution in [0.4, 0.5) is 5.69 Å². The van der Waals surface area contributed by atoms with Gasteiger partial charge in [-0.15, -0.1) is 0 Å². The molecule has 0 unspecified atom stereocenters. The average Bonchev–Trinajstić information content (AvgIpc) is 3.42. The van der Waals surface area contributed by atoms with Crippen molar-refractivity contribution in [2.45, 2.75) is 32.0 Å². The van der Waals surface area contributed by atoms with Gasteiger partial charge in [0, 0.05) is 49.0 Å². The van der Waals surface area contributed by atoms with Crippen LogP contribution in [0.5, 0.6) is 0 Å². The highest BCUT2D eigenvalue weighted by Gasteiger charge is 2.21. The van der Waals surface area contributed by atoms with Crippen molar-refractivity contribution >= 4 is 28.5 Å². The lowest BCUT2D eigenvalue weighted by atomic mass is 10.0. The number of amides is 2. The molecule has 206 valence electrons. The average molecular weight is 544 g/mol. The number of hydrogen-bond acceptors (Lipinski definition) is 4. The normalized spacial score (nSPS) is 14.1. The predicted molar refractivity (Wildman–Crippen MR) is 162 cm³/mol. The first kappa shape index (κ1) is 26.5. The van der Waals surface area contributed by atoms with E-state index in [-0.39, 0.29) is 17.9 Å². The van der Waals surface area contributed by atoms with Crippen molar-refractivity contribution < 1.29 is 9.59 Å². The summed E-state index contributed by atoms with van der Waals surface area (Å²) in [6.07, 6.45) is 3.71. The van der Waals surface area contributed by atoms with Crippen LogP contribution in [0, 0.1) is 0 Å². The van der Waals surface area contributed by atoms with Crippen LogP contribution in [-0.4, -0.2) is 45.4 Å². The summed E-state index contributed by atoms with van der Waals surface area (Å²) in [7, 11) is 0. The minimum absolute atomic E-state index is 0.0781. The van der Waals surface area contributed by atoms with E-state index in [2.05, 4.69) is 55.4 Å². The molecule has 0 saturated carbocycles. The number of aromatic nitrogens is 2. The van der Waals surface area contributed by atoms with E-state index in [1.165, 1.54) is 5.56 Å². The Labute approximate surface area is 239 Å². The highest BCUT2D eigenvalue weighted by atomic mass is 16.2. The standard InChI is InChI=1S/C34H33N5O2/c40-33(27-12-10-26(11-13-27)23-39-24-35-31-8-4-5-9-32(31)39)36-29-16-14-28(15-17-29)34(41)37-30-18-20-38(21-19-30)22-25-6-2-1-3-7-25/h1-17,24,30H,18-23H2,(H,36,40)(H,37,41). The summed E-state index contributed by atoms with van der Waals surface area (Å²) >= 11 is 0. The number of carbonyl (C=O) groups is 2. The Morgan fingerprint density at radius 3 is 2.10 bits per heavy atom. The lowest BCUT2D eigenvalue weighted by molar-refractivity contribution is 0.0908. The quantitative estimate of drug-likeness (QED) is 0.262. The van der Waals surface area contributed by atoms with Crippen molar-refractivity contribution in [3.63, 3.8) is 0 Å². The van der Waals surface area contributed by atoms with Crippen LogP contribution in [0.25, 0.3) is 11.0 Å². The van der Waals surface area contributed by atoms with E-state index in [1.54, 1.807) is 24.3 Å². The van der Waals surface area contributed by atoms with Gasteiger partial charge in [-0.1, -0.05) is 54.6 Å². The number of nitrogens with zero attached hydrogens (tertiary/aromatic N) is 3. The smallest absolute Gasteiger partial charge is 0.255 e. The molecular weight excluding hydrogens is 510 g/mol.